The molecule has 0 spiro atoms. The van der Waals surface area contributed by atoms with Gasteiger partial charge in [-0.3, -0.25) is 0 Å². The first-order valence-corrected chi connectivity index (χ1v) is 8.54. The number of hydrogen-bond donors (Lipinski definition) is 1. The zero-order chi connectivity index (χ0) is 14.0. The smallest absolute Gasteiger partial charge is 0.113 e. The maximum Gasteiger partial charge on any atom is 0.113 e. The fourth-order valence-corrected chi connectivity index (χ4v) is 4.82. The van der Waals surface area contributed by atoms with Crippen LogP contribution < -0.4 is 5.32 Å². The maximum atomic E-state index is 4.97. The van der Waals surface area contributed by atoms with Gasteiger partial charge in [0.05, 0.1) is 11.2 Å². The number of nitrogens with one attached hydrogen (secondary N) is 1. The molecular weight excluding hydrogens is 252 g/mol. The molecule has 0 radical (unpaired) electrons. The topological polar surface area (TPSA) is 24.9 Å². The van der Waals surface area contributed by atoms with Gasteiger partial charge in [-0.15, -0.1) is 11.3 Å². The van der Waals surface area contributed by atoms with Crippen LogP contribution >= 0.6 is 11.3 Å². The average molecular weight is 280 g/mol. The van der Waals surface area contributed by atoms with Gasteiger partial charge < -0.3 is 5.32 Å². The third kappa shape index (κ3) is 2.73. The number of aromatic nitrogens is 1. The van der Waals surface area contributed by atoms with Crippen molar-refractivity contribution in [2.75, 3.05) is 7.05 Å². The predicted octanol–water partition coefficient (Wildman–Crippen LogP) is 4.53. The van der Waals surface area contributed by atoms with E-state index in [0.29, 0.717) is 17.8 Å². The van der Waals surface area contributed by atoms with Gasteiger partial charge in [-0.05, 0) is 37.6 Å². The van der Waals surface area contributed by atoms with Crippen LogP contribution in [0.3, 0.4) is 0 Å². The molecule has 0 aliphatic heterocycles. The Hall–Kier alpha value is -0.410. The van der Waals surface area contributed by atoms with E-state index in [2.05, 4.69) is 45.4 Å². The summed E-state index contributed by atoms with van der Waals surface area (Å²) in [6.45, 7) is 9.18. The SMILES string of the molecule is CNC1(c2nc(C(C)C)cs2)CCCCC1C(C)C. The second kappa shape index (κ2) is 5.92. The van der Waals surface area contributed by atoms with Gasteiger partial charge in [-0.1, -0.05) is 40.5 Å². The third-order valence-corrected chi connectivity index (χ3v) is 5.75. The van der Waals surface area contributed by atoms with E-state index >= 15 is 0 Å². The molecule has 1 saturated carbocycles. The fraction of sp³-hybridized carbons (Fsp3) is 0.812. The van der Waals surface area contributed by atoms with Gasteiger partial charge in [0.1, 0.15) is 5.01 Å². The van der Waals surface area contributed by atoms with Crippen LogP contribution in [0.1, 0.15) is 70.0 Å². The highest BCUT2D eigenvalue weighted by molar-refractivity contribution is 7.09. The number of nitrogens with zero attached hydrogens (tertiary/aromatic N) is 1. The van der Waals surface area contributed by atoms with Crippen molar-refractivity contribution in [3.8, 4) is 0 Å². The summed E-state index contributed by atoms with van der Waals surface area (Å²) in [6, 6.07) is 0. The monoisotopic (exact) mass is 280 g/mol. The standard InChI is InChI=1S/C16H28N2S/c1-11(2)13-8-6-7-9-16(13,17-5)15-18-14(10-19-15)12(3)4/h10-13,17H,6-9H2,1-5H3. The van der Waals surface area contributed by atoms with Gasteiger partial charge in [0.15, 0.2) is 0 Å². The Labute approximate surface area is 122 Å². The van der Waals surface area contributed by atoms with Gasteiger partial charge >= 0.3 is 0 Å². The molecule has 0 amide bonds. The first-order valence-electron chi connectivity index (χ1n) is 7.66. The van der Waals surface area contributed by atoms with Crippen LogP contribution in [0.25, 0.3) is 0 Å². The van der Waals surface area contributed by atoms with E-state index in [1.54, 1.807) is 0 Å². The zero-order valence-electron chi connectivity index (χ0n) is 13.0. The Balaban J connectivity index is 2.38. The van der Waals surface area contributed by atoms with Crippen molar-refractivity contribution in [1.82, 2.24) is 10.3 Å². The lowest BCUT2D eigenvalue weighted by atomic mass is 9.68. The molecule has 19 heavy (non-hydrogen) atoms. The Morgan fingerprint density at radius 1 is 1.32 bits per heavy atom. The molecule has 1 heterocycles. The minimum absolute atomic E-state index is 0.115. The third-order valence-electron chi connectivity index (χ3n) is 4.72. The van der Waals surface area contributed by atoms with Crippen molar-refractivity contribution in [2.24, 2.45) is 11.8 Å². The van der Waals surface area contributed by atoms with Crippen LogP contribution in [0.5, 0.6) is 0 Å². The van der Waals surface area contributed by atoms with E-state index in [1.807, 2.05) is 11.3 Å². The molecule has 2 rings (SSSR count). The molecule has 0 bridgehead atoms. The summed E-state index contributed by atoms with van der Waals surface area (Å²) in [5.41, 5.74) is 1.37. The first kappa shape index (κ1) is 15.0. The zero-order valence-corrected chi connectivity index (χ0v) is 13.8. The summed E-state index contributed by atoms with van der Waals surface area (Å²) in [6.07, 6.45) is 5.25. The summed E-state index contributed by atoms with van der Waals surface area (Å²) in [4.78, 5) is 4.97. The Morgan fingerprint density at radius 3 is 2.58 bits per heavy atom. The molecule has 108 valence electrons. The van der Waals surface area contributed by atoms with Crippen molar-refractivity contribution < 1.29 is 0 Å². The predicted molar refractivity (Wildman–Crippen MR) is 83.7 cm³/mol. The van der Waals surface area contributed by atoms with Gasteiger partial charge in [0, 0.05) is 5.38 Å². The normalized spacial score (nSPS) is 28.3. The van der Waals surface area contributed by atoms with Crippen molar-refractivity contribution in [3.63, 3.8) is 0 Å². The van der Waals surface area contributed by atoms with E-state index in [-0.39, 0.29) is 5.54 Å². The largest absolute Gasteiger partial charge is 0.308 e. The minimum Gasteiger partial charge on any atom is -0.308 e. The van der Waals surface area contributed by atoms with Crippen LogP contribution in [-0.4, -0.2) is 12.0 Å². The summed E-state index contributed by atoms with van der Waals surface area (Å²) in [7, 11) is 2.12. The van der Waals surface area contributed by atoms with E-state index < -0.39 is 0 Å². The molecule has 2 unspecified atom stereocenters. The number of rotatable bonds is 4. The lowest BCUT2D eigenvalue weighted by molar-refractivity contribution is 0.108. The lowest BCUT2D eigenvalue weighted by Crippen LogP contribution is -2.50. The molecule has 0 saturated heterocycles. The van der Waals surface area contributed by atoms with E-state index in [9.17, 15) is 0 Å². The van der Waals surface area contributed by atoms with Crippen molar-refractivity contribution >= 4 is 11.3 Å². The molecule has 1 N–H and O–H groups in total. The molecule has 1 fully saturated rings. The number of hydrogen-bond acceptors (Lipinski definition) is 3. The van der Waals surface area contributed by atoms with Crippen LogP contribution in [0, 0.1) is 11.8 Å². The molecular formula is C16H28N2S. The van der Waals surface area contributed by atoms with E-state index in [1.165, 1.54) is 36.4 Å². The van der Waals surface area contributed by atoms with Gasteiger partial charge in [0.2, 0.25) is 0 Å². The van der Waals surface area contributed by atoms with E-state index in [4.69, 9.17) is 4.98 Å². The van der Waals surface area contributed by atoms with Crippen molar-refractivity contribution in [1.29, 1.82) is 0 Å². The Morgan fingerprint density at radius 2 is 2.05 bits per heavy atom. The van der Waals surface area contributed by atoms with Gasteiger partial charge in [-0.2, -0.15) is 0 Å². The van der Waals surface area contributed by atoms with Crippen molar-refractivity contribution in [3.05, 3.63) is 16.1 Å². The van der Waals surface area contributed by atoms with Crippen LogP contribution in [0.4, 0.5) is 0 Å². The highest BCUT2D eigenvalue weighted by Crippen LogP contribution is 2.46. The number of thiazole rings is 1. The molecule has 1 aliphatic rings. The molecule has 3 heteroatoms. The average Bonchev–Trinajstić information content (AvgIpc) is 2.88. The van der Waals surface area contributed by atoms with Crippen LogP contribution in [0.15, 0.2) is 5.38 Å². The summed E-state index contributed by atoms with van der Waals surface area (Å²) in [5, 5.41) is 7.24. The summed E-state index contributed by atoms with van der Waals surface area (Å²) >= 11 is 1.86. The van der Waals surface area contributed by atoms with Gasteiger partial charge in [-0.25, -0.2) is 4.98 Å². The molecule has 1 aromatic heterocycles. The molecule has 1 aromatic rings. The fourth-order valence-electron chi connectivity index (χ4n) is 3.54. The van der Waals surface area contributed by atoms with Gasteiger partial charge in [0.25, 0.3) is 0 Å². The second-order valence-corrected chi connectivity index (χ2v) is 7.41. The Bertz CT molecular complexity index is 411. The molecule has 1 aliphatic carbocycles. The summed E-state index contributed by atoms with van der Waals surface area (Å²) in [5.74, 6) is 1.94. The Kier molecular flexibility index (Phi) is 4.67. The summed E-state index contributed by atoms with van der Waals surface area (Å²) < 4.78 is 0. The molecule has 2 nitrogen and oxygen atoms in total. The highest BCUT2D eigenvalue weighted by Gasteiger charge is 2.44. The molecule has 2 atom stereocenters. The van der Waals surface area contributed by atoms with Crippen molar-refractivity contribution in [2.45, 2.75) is 64.8 Å². The lowest BCUT2D eigenvalue weighted by Gasteiger charge is -2.45. The second-order valence-electron chi connectivity index (χ2n) is 6.55. The first-order chi connectivity index (χ1) is 9.01. The molecule has 0 aromatic carbocycles. The quantitative estimate of drug-likeness (QED) is 0.876. The van der Waals surface area contributed by atoms with Crippen LogP contribution in [0.2, 0.25) is 0 Å². The van der Waals surface area contributed by atoms with Crippen LogP contribution in [-0.2, 0) is 5.54 Å². The highest BCUT2D eigenvalue weighted by atomic mass is 32.1. The van der Waals surface area contributed by atoms with E-state index in [0.717, 1.165) is 0 Å². The minimum atomic E-state index is 0.115. The maximum absolute atomic E-state index is 4.97.